The molecule has 90 valence electrons. The molecular weight excluding hydrogens is 222 g/mol. The highest BCUT2D eigenvalue weighted by molar-refractivity contribution is 5.85. The van der Waals surface area contributed by atoms with Crippen molar-refractivity contribution in [2.75, 3.05) is 0 Å². The molecule has 2 aromatic carbocycles. The molecule has 0 spiro atoms. The minimum atomic E-state index is -0.481. The van der Waals surface area contributed by atoms with Crippen LogP contribution in [0.1, 0.15) is 11.1 Å². The highest BCUT2D eigenvalue weighted by Gasteiger charge is 2.15. The van der Waals surface area contributed by atoms with Crippen LogP contribution in [0, 0.1) is 0 Å². The number of hydrogen-bond acceptors (Lipinski definition) is 1. The Labute approximate surface area is 107 Å². The van der Waals surface area contributed by atoms with E-state index in [9.17, 15) is 4.79 Å². The van der Waals surface area contributed by atoms with E-state index in [2.05, 4.69) is 60.8 Å². The van der Waals surface area contributed by atoms with Crippen LogP contribution in [-0.2, 0) is 11.2 Å². The van der Waals surface area contributed by atoms with Gasteiger partial charge in [0.2, 0.25) is 5.91 Å². The van der Waals surface area contributed by atoms with Crippen molar-refractivity contribution in [1.29, 1.82) is 0 Å². The molecule has 2 aromatic rings. The fourth-order valence-corrected chi connectivity index (χ4v) is 2.08. The van der Waals surface area contributed by atoms with Gasteiger partial charge in [0.05, 0.1) is 0 Å². The Balaban J connectivity index is 0.000000209. The van der Waals surface area contributed by atoms with Gasteiger partial charge in [0.15, 0.2) is 0 Å². The number of nitrogens with two attached hydrogens (primary N) is 1. The van der Waals surface area contributed by atoms with Crippen molar-refractivity contribution in [2.45, 2.75) is 6.42 Å². The predicted octanol–water partition coefficient (Wildman–Crippen LogP) is 2.92. The van der Waals surface area contributed by atoms with Crippen molar-refractivity contribution < 1.29 is 4.79 Å². The number of carbonyl (C=O) groups excluding carboxylic acids is 1. The molecule has 0 unspecified atom stereocenters. The van der Waals surface area contributed by atoms with E-state index in [-0.39, 0.29) is 0 Å². The molecule has 1 aliphatic rings. The zero-order chi connectivity index (χ0) is 13.0. The molecular formula is C16H15NO. The minimum absolute atomic E-state index is 0.481. The molecule has 1 aliphatic carbocycles. The molecule has 1 amide bonds. The van der Waals surface area contributed by atoms with Gasteiger partial charge in [0.25, 0.3) is 0 Å². The summed E-state index contributed by atoms with van der Waals surface area (Å²) in [6.07, 6.45) is 2.16. The second-order valence-electron chi connectivity index (χ2n) is 4.10. The third-order valence-electron chi connectivity index (χ3n) is 2.91. The molecule has 0 atom stereocenters. The Kier molecular flexibility index (Phi) is 3.58. The van der Waals surface area contributed by atoms with Gasteiger partial charge in [-0.2, -0.15) is 0 Å². The molecule has 2 nitrogen and oxygen atoms in total. The number of rotatable bonds is 1. The van der Waals surface area contributed by atoms with Crippen LogP contribution in [0.15, 0.2) is 61.2 Å². The monoisotopic (exact) mass is 237 g/mol. The second kappa shape index (κ2) is 5.32. The topological polar surface area (TPSA) is 43.1 Å². The molecule has 18 heavy (non-hydrogen) atoms. The molecule has 0 radical (unpaired) electrons. The summed E-state index contributed by atoms with van der Waals surface area (Å²) in [4.78, 5) is 9.47. The second-order valence-corrected chi connectivity index (χ2v) is 4.10. The molecule has 0 heterocycles. The van der Waals surface area contributed by atoms with E-state index < -0.39 is 5.91 Å². The van der Waals surface area contributed by atoms with Crippen LogP contribution in [-0.4, -0.2) is 5.91 Å². The Hall–Kier alpha value is -2.35. The lowest BCUT2D eigenvalue weighted by molar-refractivity contribution is -0.113. The first-order chi connectivity index (χ1) is 8.72. The molecule has 0 saturated heterocycles. The van der Waals surface area contributed by atoms with Crippen molar-refractivity contribution in [3.63, 3.8) is 0 Å². The lowest BCUT2D eigenvalue weighted by Gasteiger charge is -1.98. The fourth-order valence-electron chi connectivity index (χ4n) is 2.08. The summed E-state index contributed by atoms with van der Waals surface area (Å²) >= 11 is 0. The molecule has 2 N–H and O–H groups in total. The zero-order valence-corrected chi connectivity index (χ0v) is 10.1. The van der Waals surface area contributed by atoms with Crippen LogP contribution in [0.4, 0.5) is 0 Å². The summed E-state index contributed by atoms with van der Waals surface area (Å²) in [5.74, 6) is -0.481. The first-order valence-corrected chi connectivity index (χ1v) is 5.80. The van der Waals surface area contributed by atoms with Crippen LogP contribution in [0.5, 0.6) is 0 Å². The largest absolute Gasteiger partial charge is 0.366 e. The van der Waals surface area contributed by atoms with Crippen LogP contribution in [0.2, 0.25) is 0 Å². The van der Waals surface area contributed by atoms with E-state index in [0.29, 0.717) is 0 Å². The van der Waals surface area contributed by atoms with E-state index in [0.717, 1.165) is 12.5 Å². The maximum Gasteiger partial charge on any atom is 0.240 e. The summed E-state index contributed by atoms with van der Waals surface area (Å²) in [7, 11) is 0. The molecule has 0 saturated carbocycles. The zero-order valence-electron chi connectivity index (χ0n) is 10.1. The average molecular weight is 237 g/mol. The fraction of sp³-hybridized carbons (Fsp3) is 0.0625. The van der Waals surface area contributed by atoms with Crippen molar-refractivity contribution >= 4 is 5.91 Å². The van der Waals surface area contributed by atoms with Crippen LogP contribution >= 0.6 is 0 Å². The lowest BCUT2D eigenvalue weighted by atomic mass is 10.1. The highest BCUT2D eigenvalue weighted by Crippen LogP contribution is 2.35. The van der Waals surface area contributed by atoms with Crippen molar-refractivity contribution in [2.24, 2.45) is 5.73 Å². The maximum atomic E-state index is 9.47. The van der Waals surface area contributed by atoms with Crippen molar-refractivity contribution in [3.8, 4) is 11.1 Å². The van der Waals surface area contributed by atoms with Crippen LogP contribution < -0.4 is 5.73 Å². The minimum Gasteiger partial charge on any atom is -0.366 e. The number of hydrogen-bond donors (Lipinski definition) is 1. The normalized spacial score (nSPS) is 10.7. The molecule has 0 aromatic heterocycles. The molecule has 0 fully saturated rings. The van der Waals surface area contributed by atoms with E-state index >= 15 is 0 Å². The predicted molar refractivity (Wildman–Crippen MR) is 74.1 cm³/mol. The molecule has 2 heteroatoms. The molecule has 0 aliphatic heterocycles. The quantitative estimate of drug-likeness (QED) is 0.650. The lowest BCUT2D eigenvalue weighted by Crippen LogP contribution is -2.04. The first kappa shape index (κ1) is 12.1. The van der Waals surface area contributed by atoms with Crippen molar-refractivity contribution in [3.05, 3.63) is 72.3 Å². The van der Waals surface area contributed by atoms with Gasteiger partial charge >= 0.3 is 0 Å². The third kappa shape index (κ3) is 2.48. The molecule has 3 rings (SSSR count). The number of carbonyl (C=O) groups is 1. The van der Waals surface area contributed by atoms with E-state index in [1.165, 1.54) is 22.3 Å². The van der Waals surface area contributed by atoms with Gasteiger partial charge in [-0.1, -0.05) is 55.1 Å². The average Bonchev–Trinajstić information content (AvgIpc) is 2.78. The standard InChI is InChI=1S/C13H10.C3H5NO/c1-3-7-12-10(5-1)9-11-6-2-4-8-13(11)12;1-2-3(4)5/h1-8H,9H2;2H,1H2,(H2,4,5). The Morgan fingerprint density at radius 3 is 1.78 bits per heavy atom. The van der Waals surface area contributed by atoms with Gasteiger partial charge in [0.1, 0.15) is 0 Å². The van der Waals surface area contributed by atoms with Crippen LogP contribution in [0.3, 0.4) is 0 Å². The molecule has 0 bridgehead atoms. The van der Waals surface area contributed by atoms with E-state index in [1.807, 2.05) is 0 Å². The van der Waals surface area contributed by atoms with Gasteiger partial charge < -0.3 is 5.73 Å². The summed E-state index contributed by atoms with van der Waals surface area (Å²) in [6.45, 7) is 3.09. The van der Waals surface area contributed by atoms with Gasteiger partial charge in [-0.3, -0.25) is 4.79 Å². The Bertz CT molecular complexity index is 544. The maximum absolute atomic E-state index is 9.47. The van der Waals surface area contributed by atoms with E-state index in [1.54, 1.807) is 0 Å². The SMILES string of the molecule is C=CC(N)=O.c1ccc2c(c1)Cc1ccccc1-2. The third-order valence-corrected chi connectivity index (χ3v) is 2.91. The number of primary amides is 1. The summed E-state index contributed by atoms with van der Waals surface area (Å²) in [5.41, 5.74) is 10.3. The summed E-state index contributed by atoms with van der Waals surface area (Å²) < 4.78 is 0. The van der Waals surface area contributed by atoms with E-state index in [4.69, 9.17) is 0 Å². The number of benzene rings is 2. The van der Waals surface area contributed by atoms with Gasteiger partial charge in [-0.25, -0.2) is 0 Å². The highest BCUT2D eigenvalue weighted by atomic mass is 16.1. The van der Waals surface area contributed by atoms with Gasteiger partial charge in [-0.05, 0) is 34.8 Å². The number of fused-ring (bicyclic) bond motifs is 3. The smallest absolute Gasteiger partial charge is 0.240 e. The van der Waals surface area contributed by atoms with Gasteiger partial charge in [-0.15, -0.1) is 0 Å². The van der Waals surface area contributed by atoms with Crippen LogP contribution in [0.25, 0.3) is 11.1 Å². The van der Waals surface area contributed by atoms with Gasteiger partial charge in [0, 0.05) is 0 Å². The van der Waals surface area contributed by atoms with Crippen molar-refractivity contribution in [1.82, 2.24) is 0 Å². The summed E-state index contributed by atoms with van der Waals surface area (Å²) in [6, 6.07) is 17.3. The number of amides is 1. The Morgan fingerprint density at radius 1 is 1.00 bits per heavy atom. The Morgan fingerprint density at radius 2 is 1.39 bits per heavy atom. The summed E-state index contributed by atoms with van der Waals surface area (Å²) in [5, 5.41) is 0. The first-order valence-electron chi connectivity index (χ1n) is 5.80.